The van der Waals surface area contributed by atoms with Gasteiger partial charge in [0, 0.05) is 17.0 Å². The van der Waals surface area contributed by atoms with Crippen molar-refractivity contribution in [2.75, 3.05) is 14.2 Å². The van der Waals surface area contributed by atoms with Crippen LogP contribution in [0.15, 0.2) is 69.7 Å². The molecule has 0 aliphatic heterocycles. The number of hydrogen-bond donors (Lipinski definition) is 2. The summed E-state index contributed by atoms with van der Waals surface area (Å²) in [4.78, 5) is 30.6. The monoisotopic (exact) mass is 474 g/mol. The molecule has 9 nitrogen and oxygen atoms in total. The van der Waals surface area contributed by atoms with Crippen LogP contribution in [0.25, 0.3) is 10.9 Å². The van der Waals surface area contributed by atoms with Crippen LogP contribution in [0.4, 0.5) is 5.69 Å². The summed E-state index contributed by atoms with van der Waals surface area (Å²) in [5.74, 6) is 1.43. The first-order valence-electron chi connectivity index (χ1n) is 11.0. The number of nitrogens with one attached hydrogen (secondary N) is 1. The van der Waals surface area contributed by atoms with E-state index in [-0.39, 0.29) is 18.3 Å². The summed E-state index contributed by atoms with van der Waals surface area (Å²) in [7, 11) is 3.12. The van der Waals surface area contributed by atoms with Crippen LogP contribution in [-0.4, -0.2) is 43.2 Å². The Kier molecular flexibility index (Phi) is 8.14. The number of amides is 1. The molecule has 3 N–H and O–H groups in total. The number of amidine groups is 1. The minimum Gasteiger partial charge on any atom is -0.493 e. The molecule has 35 heavy (non-hydrogen) atoms. The lowest BCUT2D eigenvalue weighted by molar-refractivity contribution is -0.119. The minimum absolute atomic E-state index is 0.111. The number of nitrogens with two attached hydrogens (primary N) is 1. The van der Waals surface area contributed by atoms with Crippen LogP contribution in [0.2, 0.25) is 0 Å². The van der Waals surface area contributed by atoms with E-state index in [1.165, 1.54) is 0 Å². The first-order chi connectivity index (χ1) is 16.7. The lowest BCUT2D eigenvalue weighted by Gasteiger charge is -2.22. The number of nitrogens with zero attached hydrogens (tertiary/aromatic N) is 4. The van der Waals surface area contributed by atoms with Gasteiger partial charge in [0.15, 0.2) is 11.5 Å². The second-order valence-electron chi connectivity index (χ2n) is 8.66. The number of pyridine rings is 1. The number of ether oxygens (including phenoxy) is 2. The number of fused-ring (bicyclic) bond motifs is 1. The molecule has 1 heterocycles. The number of aromatic nitrogens is 1. The van der Waals surface area contributed by atoms with E-state index in [0.29, 0.717) is 23.0 Å². The standard InChI is InChI=1S/C26H30N6O3/c1-26(2,3)24(31-23(33)15-17-11-12-21(34-4)22(14-17)35-5)32-25(29-16-27)30-20-10-6-9-19-18(20)8-7-13-28-19/h6-14,16H,15H2,1-5H3,(H3,27,29,30,31,32,33). The van der Waals surface area contributed by atoms with Crippen LogP contribution in [0.3, 0.4) is 0 Å². The number of guanidine groups is 1. The van der Waals surface area contributed by atoms with E-state index in [1.807, 2.05) is 57.2 Å². The molecule has 3 rings (SSSR count). The summed E-state index contributed by atoms with van der Waals surface area (Å²) >= 11 is 0. The van der Waals surface area contributed by atoms with Crippen molar-refractivity contribution in [1.29, 1.82) is 0 Å². The molecule has 1 aromatic heterocycles. The Labute approximate surface area is 204 Å². The van der Waals surface area contributed by atoms with Crippen molar-refractivity contribution in [3.63, 3.8) is 0 Å². The third-order valence-electron chi connectivity index (χ3n) is 5.03. The second-order valence-corrected chi connectivity index (χ2v) is 8.66. The molecule has 9 heteroatoms. The van der Waals surface area contributed by atoms with Gasteiger partial charge in [-0.1, -0.05) is 32.9 Å². The fraction of sp³-hybridized carbons (Fsp3) is 0.269. The van der Waals surface area contributed by atoms with Gasteiger partial charge in [-0.15, -0.1) is 0 Å². The van der Waals surface area contributed by atoms with Gasteiger partial charge in [0.25, 0.3) is 5.96 Å². The van der Waals surface area contributed by atoms with Crippen LogP contribution in [0.1, 0.15) is 26.3 Å². The number of rotatable bonds is 5. The average Bonchev–Trinajstić information content (AvgIpc) is 2.83. The Balaban J connectivity index is 1.92. The van der Waals surface area contributed by atoms with Crippen LogP contribution in [-0.2, 0) is 11.2 Å². The maximum absolute atomic E-state index is 12.9. The van der Waals surface area contributed by atoms with E-state index in [0.717, 1.165) is 22.8 Å². The van der Waals surface area contributed by atoms with Crippen molar-refractivity contribution >= 4 is 40.6 Å². The smallest absolute Gasteiger partial charge is 0.253 e. The van der Waals surface area contributed by atoms with Gasteiger partial charge in [0.05, 0.1) is 38.2 Å². The number of carbonyl (C=O) groups is 1. The van der Waals surface area contributed by atoms with E-state index in [4.69, 9.17) is 15.2 Å². The van der Waals surface area contributed by atoms with Gasteiger partial charge in [0.2, 0.25) is 5.91 Å². The predicted molar refractivity (Wildman–Crippen MR) is 140 cm³/mol. The third kappa shape index (κ3) is 6.63. The Morgan fingerprint density at radius 1 is 1.09 bits per heavy atom. The highest BCUT2D eigenvalue weighted by molar-refractivity contribution is 6.08. The normalized spacial score (nSPS) is 12.7. The molecule has 0 aliphatic carbocycles. The van der Waals surface area contributed by atoms with Crippen LogP contribution in [0.5, 0.6) is 11.5 Å². The van der Waals surface area contributed by atoms with E-state index in [2.05, 4.69) is 25.3 Å². The summed E-state index contributed by atoms with van der Waals surface area (Å²) in [5.41, 5.74) is 7.28. The highest BCUT2D eigenvalue weighted by Crippen LogP contribution is 2.28. The predicted octanol–water partition coefficient (Wildman–Crippen LogP) is 4.03. The van der Waals surface area contributed by atoms with Crippen LogP contribution < -0.4 is 20.5 Å². The highest BCUT2D eigenvalue weighted by Gasteiger charge is 2.22. The molecule has 0 aliphatic rings. The summed E-state index contributed by atoms with van der Waals surface area (Å²) in [6.45, 7) is 5.82. The van der Waals surface area contributed by atoms with Crippen molar-refractivity contribution in [2.45, 2.75) is 27.2 Å². The lowest BCUT2D eigenvalue weighted by Crippen LogP contribution is -2.40. The van der Waals surface area contributed by atoms with Crippen LogP contribution >= 0.6 is 0 Å². The molecule has 0 bridgehead atoms. The molecule has 0 spiro atoms. The SMILES string of the molecule is COc1ccc(CC(=O)N/C(=N/C(N=CN)=Nc2cccc3ncccc23)C(C)(C)C)cc1OC. The van der Waals surface area contributed by atoms with Gasteiger partial charge >= 0.3 is 0 Å². The largest absolute Gasteiger partial charge is 0.493 e. The molecule has 0 saturated heterocycles. The first kappa shape index (κ1) is 25.4. The molecule has 0 atom stereocenters. The zero-order valence-corrected chi connectivity index (χ0v) is 20.6. The first-order valence-corrected chi connectivity index (χ1v) is 11.0. The molecule has 0 unspecified atom stereocenters. The zero-order valence-electron chi connectivity index (χ0n) is 20.6. The quantitative estimate of drug-likeness (QED) is 0.427. The van der Waals surface area contributed by atoms with Gasteiger partial charge in [0.1, 0.15) is 5.84 Å². The molecule has 0 saturated carbocycles. The third-order valence-corrected chi connectivity index (χ3v) is 5.03. The fourth-order valence-electron chi connectivity index (χ4n) is 3.28. The van der Waals surface area contributed by atoms with Gasteiger partial charge in [-0.2, -0.15) is 4.99 Å². The molecule has 0 radical (unpaired) electrons. The fourth-order valence-corrected chi connectivity index (χ4v) is 3.28. The van der Waals surface area contributed by atoms with Gasteiger partial charge in [-0.25, -0.2) is 9.98 Å². The molecule has 182 valence electrons. The number of aliphatic imine (C=N–C) groups is 3. The van der Waals surface area contributed by atoms with Crippen molar-refractivity contribution in [1.82, 2.24) is 10.3 Å². The minimum atomic E-state index is -0.502. The van der Waals surface area contributed by atoms with E-state index < -0.39 is 5.41 Å². The van der Waals surface area contributed by atoms with Gasteiger partial charge < -0.3 is 20.5 Å². The number of methoxy groups -OCH3 is 2. The number of hydrogen-bond acceptors (Lipinski definition) is 5. The summed E-state index contributed by atoms with van der Waals surface area (Å²) < 4.78 is 10.6. The van der Waals surface area contributed by atoms with Crippen LogP contribution in [0, 0.1) is 5.41 Å². The number of carbonyl (C=O) groups excluding carboxylic acids is 1. The summed E-state index contributed by atoms with van der Waals surface area (Å²) in [5, 5.41) is 3.77. The molecular formula is C26H30N6O3. The topological polar surface area (TPSA) is 124 Å². The molecule has 2 aromatic carbocycles. The van der Waals surface area contributed by atoms with E-state index in [9.17, 15) is 4.79 Å². The molecule has 0 fully saturated rings. The van der Waals surface area contributed by atoms with E-state index >= 15 is 0 Å². The van der Waals surface area contributed by atoms with Crippen molar-refractivity contribution in [3.8, 4) is 11.5 Å². The maximum Gasteiger partial charge on any atom is 0.253 e. The maximum atomic E-state index is 12.9. The lowest BCUT2D eigenvalue weighted by atomic mass is 9.94. The Morgan fingerprint density at radius 2 is 1.86 bits per heavy atom. The van der Waals surface area contributed by atoms with Crippen molar-refractivity contribution in [2.24, 2.45) is 26.1 Å². The van der Waals surface area contributed by atoms with E-state index in [1.54, 1.807) is 32.5 Å². The second kappa shape index (κ2) is 11.2. The zero-order chi connectivity index (χ0) is 25.4. The molecule has 1 amide bonds. The van der Waals surface area contributed by atoms with Gasteiger partial charge in [-0.05, 0) is 42.0 Å². The average molecular weight is 475 g/mol. The summed E-state index contributed by atoms with van der Waals surface area (Å²) in [6.07, 6.45) is 2.97. The molecule has 3 aromatic rings. The Hall–Kier alpha value is -4.27. The number of benzene rings is 2. The highest BCUT2D eigenvalue weighted by atomic mass is 16.5. The molecular weight excluding hydrogens is 444 g/mol. The van der Waals surface area contributed by atoms with Crippen molar-refractivity contribution in [3.05, 3.63) is 60.3 Å². The van der Waals surface area contributed by atoms with Gasteiger partial charge in [-0.3, -0.25) is 9.78 Å². The summed E-state index contributed by atoms with van der Waals surface area (Å²) in [6, 6.07) is 14.7. The Bertz CT molecular complexity index is 1290. The van der Waals surface area contributed by atoms with Crippen molar-refractivity contribution < 1.29 is 14.3 Å². The Morgan fingerprint density at radius 3 is 2.54 bits per heavy atom.